The van der Waals surface area contributed by atoms with Crippen LogP contribution in [0.4, 0.5) is 8.78 Å². The number of aliphatic carboxylic acids is 1. The summed E-state index contributed by atoms with van der Waals surface area (Å²) in [5.74, 6) is -2.95. The minimum Gasteiger partial charge on any atom is -0.479 e. The first kappa shape index (κ1) is 13.8. The maximum absolute atomic E-state index is 13.4. The lowest BCUT2D eigenvalue weighted by molar-refractivity contribution is -0.143. The van der Waals surface area contributed by atoms with Crippen LogP contribution in [0.1, 0.15) is 16.8 Å². The predicted molar refractivity (Wildman–Crippen MR) is 66.1 cm³/mol. The van der Waals surface area contributed by atoms with Crippen molar-refractivity contribution in [1.29, 1.82) is 0 Å². The van der Waals surface area contributed by atoms with Crippen LogP contribution in [0.5, 0.6) is 0 Å². The van der Waals surface area contributed by atoms with E-state index in [9.17, 15) is 23.5 Å². The molecule has 0 radical (unpaired) electrons. The van der Waals surface area contributed by atoms with Gasteiger partial charge in [-0.05, 0) is 24.3 Å². The number of carboxylic acids is 1. The third-order valence-electron chi connectivity index (χ3n) is 2.96. The summed E-state index contributed by atoms with van der Waals surface area (Å²) in [5.41, 5.74) is -1.73. The van der Waals surface area contributed by atoms with Gasteiger partial charge in [0.25, 0.3) is 5.91 Å². The molecule has 1 aromatic carbocycles. The van der Waals surface area contributed by atoms with E-state index in [1.807, 2.05) is 0 Å². The molecule has 1 amide bonds. The van der Waals surface area contributed by atoms with Crippen LogP contribution < -0.4 is 5.32 Å². The van der Waals surface area contributed by atoms with E-state index in [2.05, 4.69) is 5.32 Å². The van der Waals surface area contributed by atoms with Crippen molar-refractivity contribution >= 4 is 23.6 Å². The predicted octanol–water partition coefficient (Wildman–Crippen LogP) is 1.65. The summed E-state index contributed by atoms with van der Waals surface area (Å²) in [7, 11) is 0. The van der Waals surface area contributed by atoms with Crippen molar-refractivity contribution in [3.63, 3.8) is 0 Å². The number of thioether (sulfide) groups is 1. The highest BCUT2D eigenvalue weighted by Gasteiger charge is 2.43. The van der Waals surface area contributed by atoms with E-state index in [0.29, 0.717) is 11.8 Å². The smallest absolute Gasteiger partial charge is 0.330 e. The maximum atomic E-state index is 13.4. The molecular weight excluding hydrogens is 276 g/mol. The summed E-state index contributed by atoms with van der Waals surface area (Å²) in [6, 6.07) is 2.54. The van der Waals surface area contributed by atoms with E-state index in [1.54, 1.807) is 0 Å². The molecule has 0 aromatic heterocycles. The number of halogens is 2. The first-order chi connectivity index (χ1) is 8.94. The molecule has 0 saturated carbocycles. The summed E-state index contributed by atoms with van der Waals surface area (Å²) in [4.78, 5) is 23.1. The molecule has 1 saturated heterocycles. The number of hydrogen-bond donors (Lipinski definition) is 2. The highest BCUT2D eigenvalue weighted by molar-refractivity contribution is 7.99. The Hall–Kier alpha value is -1.63. The van der Waals surface area contributed by atoms with E-state index < -0.39 is 29.0 Å². The molecule has 1 aliphatic heterocycles. The van der Waals surface area contributed by atoms with E-state index in [0.717, 1.165) is 12.1 Å². The van der Waals surface area contributed by atoms with Crippen molar-refractivity contribution < 1.29 is 23.5 Å². The highest BCUT2D eigenvalue weighted by Crippen LogP contribution is 2.28. The summed E-state index contributed by atoms with van der Waals surface area (Å²) < 4.78 is 26.2. The number of carbonyl (C=O) groups is 2. The molecule has 0 aliphatic carbocycles. The second-order valence-electron chi connectivity index (χ2n) is 4.27. The second-order valence-corrected chi connectivity index (χ2v) is 5.37. The summed E-state index contributed by atoms with van der Waals surface area (Å²) in [5, 5.41) is 11.5. The Kier molecular flexibility index (Phi) is 3.75. The molecule has 7 heteroatoms. The quantitative estimate of drug-likeness (QED) is 0.887. The number of amides is 1. The van der Waals surface area contributed by atoms with Gasteiger partial charge >= 0.3 is 5.97 Å². The van der Waals surface area contributed by atoms with Crippen LogP contribution in [0.25, 0.3) is 0 Å². The fourth-order valence-corrected chi connectivity index (χ4v) is 3.17. The number of carbonyl (C=O) groups excluding carboxylic acids is 1. The van der Waals surface area contributed by atoms with Crippen LogP contribution in [0.15, 0.2) is 18.2 Å². The van der Waals surface area contributed by atoms with Crippen molar-refractivity contribution in [3.8, 4) is 0 Å². The van der Waals surface area contributed by atoms with Crippen LogP contribution in [-0.2, 0) is 4.79 Å². The maximum Gasteiger partial charge on any atom is 0.330 e. The van der Waals surface area contributed by atoms with Crippen molar-refractivity contribution in [1.82, 2.24) is 5.32 Å². The number of hydrogen-bond acceptors (Lipinski definition) is 3. The Morgan fingerprint density at radius 3 is 2.63 bits per heavy atom. The van der Waals surface area contributed by atoms with Gasteiger partial charge < -0.3 is 10.4 Å². The molecule has 1 atom stereocenters. The van der Waals surface area contributed by atoms with E-state index >= 15 is 0 Å². The Morgan fingerprint density at radius 2 is 2.11 bits per heavy atom. The third-order valence-corrected chi connectivity index (χ3v) is 4.15. The van der Waals surface area contributed by atoms with Crippen molar-refractivity contribution in [2.75, 3.05) is 11.5 Å². The molecule has 102 valence electrons. The number of benzene rings is 1. The van der Waals surface area contributed by atoms with Gasteiger partial charge in [-0.3, -0.25) is 4.79 Å². The fraction of sp³-hybridized carbons (Fsp3) is 0.333. The summed E-state index contributed by atoms with van der Waals surface area (Å²) in [6.07, 6.45) is 0.279. The van der Waals surface area contributed by atoms with Gasteiger partial charge in [0.05, 0.1) is 5.56 Å². The zero-order valence-electron chi connectivity index (χ0n) is 9.78. The topological polar surface area (TPSA) is 66.4 Å². The van der Waals surface area contributed by atoms with Gasteiger partial charge in [0, 0.05) is 11.8 Å². The lowest BCUT2D eigenvalue weighted by Crippen LogP contribution is -2.54. The number of carboxylic acid groups (broad SMARTS) is 1. The zero-order valence-corrected chi connectivity index (χ0v) is 10.6. The normalized spacial score (nSPS) is 22.2. The lowest BCUT2D eigenvalue weighted by Gasteiger charge is -2.24. The van der Waals surface area contributed by atoms with Crippen LogP contribution in [0.3, 0.4) is 0 Å². The number of nitrogens with one attached hydrogen (secondary N) is 1. The molecule has 0 spiro atoms. The Morgan fingerprint density at radius 1 is 1.37 bits per heavy atom. The van der Waals surface area contributed by atoms with Gasteiger partial charge in [-0.25, -0.2) is 13.6 Å². The standard InChI is InChI=1S/C12H11F2NO3S/c13-7-1-2-8(9(14)5-7)10(16)15-12(11(17)18)3-4-19-6-12/h1-2,5H,3-4,6H2,(H,15,16)(H,17,18). The first-order valence-electron chi connectivity index (χ1n) is 5.53. The second kappa shape index (κ2) is 5.16. The SMILES string of the molecule is O=C(NC1(C(=O)O)CCSC1)c1ccc(F)cc1F. The average Bonchev–Trinajstić information content (AvgIpc) is 2.78. The molecule has 2 rings (SSSR count). The minimum atomic E-state index is -1.37. The fourth-order valence-electron chi connectivity index (χ4n) is 1.84. The Labute approximate surface area is 112 Å². The molecule has 4 nitrogen and oxygen atoms in total. The molecule has 1 aliphatic rings. The third kappa shape index (κ3) is 2.70. The monoisotopic (exact) mass is 287 g/mol. The Balaban J connectivity index is 2.22. The average molecular weight is 287 g/mol. The van der Waals surface area contributed by atoms with Crippen LogP contribution >= 0.6 is 11.8 Å². The van der Waals surface area contributed by atoms with Gasteiger partial charge in [-0.1, -0.05) is 0 Å². The van der Waals surface area contributed by atoms with Crippen molar-refractivity contribution in [3.05, 3.63) is 35.4 Å². The van der Waals surface area contributed by atoms with Gasteiger partial charge in [0.2, 0.25) is 0 Å². The minimum absolute atomic E-state index is 0.233. The molecule has 2 N–H and O–H groups in total. The molecule has 1 fully saturated rings. The van der Waals surface area contributed by atoms with Gasteiger partial charge in [-0.2, -0.15) is 11.8 Å². The van der Waals surface area contributed by atoms with Crippen molar-refractivity contribution in [2.24, 2.45) is 0 Å². The molecular formula is C12H11F2NO3S. The number of rotatable bonds is 3. The van der Waals surface area contributed by atoms with Gasteiger partial charge in [0.15, 0.2) is 0 Å². The van der Waals surface area contributed by atoms with E-state index in [4.69, 9.17) is 0 Å². The summed E-state index contributed by atoms with van der Waals surface area (Å²) in [6.45, 7) is 0. The highest BCUT2D eigenvalue weighted by atomic mass is 32.2. The van der Waals surface area contributed by atoms with Crippen LogP contribution in [-0.4, -0.2) is 34.0 Å². The molecule has 1 aromatic rings. The molecule has 1 heterocycles. The largest absolute Gasteiger partial charge is 0.479 e. The first-order valence-corrected chi connectivity index (χ1v) is 6.69. The Bertz CT molecular complexity index is 530. The van der Waals surface area contributed by atoms with Crippen LogP contribution in [0, 0.1) is 11.6 Å². The zero-order chi connectivity index (χ0) is 14.0. The van der Waals surface area contributed by atoms with Gasteiger partial charge in [-0.15, -0.1) is 0 Å². The lowest BCUT2D eigenvalue weighted by atomic mass is 9.98. The van der Waals surface area contributed by atoms with E-state index in [1.165, 1.54) is 11.8 Å². The van der Waals surface area contributed by atoms with E-state index in [-0.39, 0.29) is 17.7 Å². The molecule has 0 bridgehead atoms. The molecule has 19 heavy (non-hydrogen) atoms. The van der Waals surface area contributed by atoms with Crippen LogP contribution in [0.2, 0.25) is 0 Å². The molecule has 1 unspecified atom stereocenters. The van der Waals surface area contributed by atoms with Gasteiger partial charge in [0.1, 0.15) is 17.2 Å². The summed E-state index contributed by atoms with van der Waals surface area (Å²) >= 11 is 1.40. The van der Waals surface area contributed by atoms with Crippen molar-refractivity contribution in [2.45, 2.75) is 12.0 Å².